The first-order chi connectivity index (χ1) is 9.15. The van der Waals surface area contributed by atoms with Gasteiger partial charge in [0.05, 0.1) is 0 Å². The van der Waals surface area contributed by atoms with Crippen LogP contribution in [0.3, 0.4) is 0 Å². The van der Waals surface area contributed by atoms with Gasteiger partial charge in [-0.05, 0) is 6.07 Å². The van der Waals surface area contributed by atoms with Crippen LogP contribution in [0.1, 0.15) is 5.56 Å². The highest BCUT2D eigenvalue weighted by Crippen LogP contribution is 2.27. The zero-order chi connectivity index (χ0) is 13.4. The van der Waals surface area contributed by atoms with Crippen molar-refractivity contribution in [3.63, 3.8) is 0 Å². The van der Waals surface area contributed by atoms with E-state index in [1.54, 1.807) is 12.1 Å². The molecular weight excluding hydrogens is 252 g/mol. The van der Waals surface area contributed by atoms with Crippen molar-refractivity contribution in [1.82, 2.24) is 4.98 Å². The minimum Gasteiger partial charge on any atom is -0.449 e. The van der Waals surface area contributed by atoms with E-state index >= 15 is 0 Å². The molecular formula is C12H8N2O5. The number of fused-ring (bicyclic) bond motifs is 4. The summed E-state index contributed by atoms with van der Waals surface area (Å²) in [5, 5.41) is 0.773. The highest BCUT2D eigenvalue weighted by atomic mass is 16.7. The molecule has 0 radical (unpaired) electrons. The molecule has 0 fully saturated rings. The highest BCUT2D eigenvalue weighted by Gasteiger charge is 2.39. The zero-order valence-corrected chi connectivity index (χ0v) is 9.61. The van der Waals surface area contributed by atoms with Crippen LogP contribution < -0.4 is 5.06 Å². The molecule has 0 spiro atoms. The molecule has 3 rings (SSSR count). The quantitative estimate of drug-likeness (QED) is 0.606. The van der Waals surface area contributed by atoms with Crippen LogP contribution in [0, 0.1) is 0 Å². The van der Waals surface area contributed by atoms with Gasteiger partial charge in [0.2, 0.25) is 0 Å². The van der Waals surface area contributed by atoms with E-state index in [0.717, 1.165) is 17.2 Å². The molecule has 1 aromatic heterocycles. The number of pyridine rings is 1. The third-order valence-corrected chi connectivity index (χ3v) is 2.74. The largest absolute Gasteiger partial charge is 0.449 e. The van der Waals surface area contributed by atoms with Crippen LogP contribution in [0.4, 0.5) is 5.82 Å². The average molecular weight is 260 g/mol. The predicted molar refractivity (Wildman–Crippen MR) is 60.5 cm³/mol. The van der Waals surface area contributed by atoms with Crippen molar-refractivity contribution in [1.29, 1.82) is 0 Å². The fourth-order valence-corrected chi connectivity index (χ4v) is 1.91. The second kappa shape index (κ2) is 4.20. The first-order valence-electron chi connectivity index (χ1n) is 5.53. The molecule has 7 nitrogen and oxygen atoms in total. The first-order valence-corrected chi connectivity index (χ1v) is 5.53. The maximum atomic E-state index is 12.1. The topological polar surface area (TPSA) is 85.8 Å². The molecule has 3 heterocycles. The molecule has 1 amide bonds. The molecule has 0 aliphatic carbocycles. The monoisotopic (exact) mass is 260 g/mol. The third-order valence-electron chi connectivity index (χ3n) is 2.74. The van der Waals surface area contributed by atoms with Crippen molar-refractivity contribution in [3.05, 3.63) is 36.0 Å². The number of amides is 1. The van der Waals surface area contributed by atoms with Crippen molar-refractivity contribution in [2.24, 2.45) is 0 Å². The van der Waals surface area contributed by atoms with Crippen LogP contribution >= 0.6 is 0 Å². The summed E-state index contributed by atoms with van der Waals surface area (Å²) < 4.78 is 4.98. The molecule has 96 valence electrons. The van der Waals surface area contributed by atoms with Crippen molar-refractivity contribution in [3.8, 4) is 0 Å². The van der Waals surface area contributed by atoms with E-state index in [0.29, 0.717) is 5.56 Å². The molecule has 1 atom stereocenters. The van der Waals surface area contributed by atoms with Gasteiger partial charge in [0.1, 0.15) is 0 Å². The second-order valence-corrected chi connectivity index (χ2v) is 3.99. The number of hydroxylamine groups is 1. The Balaban J connectivity index is 2.09. The molecule has 2 bridgehead atoms. The Bertz CT molecular complexity index is 610. The van der Waals surface area contributed by atoms with Gasteiger partial charge in [-0.15, -0.1) is 5.06 Å². The molecule has 0 aromatic carbocycles. The molecule has 7 heteroatoms. The predicted octanol–water partition coefficient (Wildman–Crippen LogP) is -0.0895. The Hall–Kier alpha value is -2.70. The lowest BCUT2D eigenvalue weighted by Gasteiger charge is -2.29. The number of esters is 1. The summed E-state index contributed by atoms with van der Waals surface area (Å²) in [6.45, 7) is 0. The summed E-state index contributed by atoms with van der Waals surface area (Å²) in [5.74, 6) is -1.99. The number of aromatic nitrogens is 1. The Morgan fingerprint density at radius 3 is 2.84 bits per heavy atom. The lowest BCUT2D eigenvalue weighted by atomic mass is 10.0. The zero-order valence-electron chi connectivity index (χ0n) is 9.61. The summed E-state index contributed by atoms with van der Waals surface area (Å²) in [4.78, 5) is 43.8. The molecule has 0 saturated heterocycles. The van der Waals surface area contributed by atoms with Gasteiger partial charge in [0.15, 0.2) is 11.9 Å². The number of ether oxygens (including phenoxy) is 1. The number of hydrogen-bond acceptors (Lipinski definition) is 6. The molecule has 2 aliphatic heterocycles. The summed E-state index contributed by atoms with van der Waals surface area (Å²) in [7, 11) is 0. The van der Waals surface area contributed by atoms with E-state index in [2.05, 4.69) is 4.98 Å². The van der Waals surface area contributed by atoms with Gasteiger partial charge in [-0.25, -0.2) is 14.6 Å². The lowest BCUT2D eigenvalue weighted by Crippen LogP contribution is -2.47. The Morgan fingerprint density at radius 1 is 1.21 bits per heavy atom. The molecule has 0 saturated carbocycles. The number of carbonyl (C=O) groups is 3. The van der Waals surface area contributed by atoms with Gasteiger partial charge in [0.25, 0.3) is 0 Å². The van der Waals surface area contributed by atoms with Gasteiger partial charge < -0.3 is 9.57 Å². The average Bonchev–Trinajstić information content (AvgIpc) is 2.43. The Morgan fingerprint density at radius 2 is 2.00 bits per heavy atom. The fraction of sp³-hybridized carbons (Fsp3) is 0.167. The van der Waals surface area contributed by atoms with Crippen molar-refractivity contribution in [2.75, 3.05) is 5.06 Å². The van der Waals surface area contributed by atoms with Crippen LogP contribution in [0.25, 0.3) is 0 Å². The standard InChI is InChI=1S/C12H8N2O5/c15-9-3-4-10(16)19-14-11-7(2-1-5-13-11)6-8(18-9)12(14)17/h1-5,8H,6H2/b4-3-. The smallest absolute Gasteiger partial charge is 0.356 e. The van der Waals surface area contributed by atoms with E-state index < -0.39 is 23.9 Å². The summed E-state index contributed by atoms with van der Waals surface area (Å²) in [6, 6.07) is 3.41. The second-order valence-electron chi connectivity index (χ2n) is 3.99. The normalized spacial score (nSPS) is 23.5. The number of carbonyl (C=O) groups excluding carboxylic acids is 3. The fourth-order valence-electron chi connectivity index (χ4n) is 1.91. The Kier molecular flexibility index (Phi) is 2.52. The summed E-state index contributed by atoms with van der Waals surface area (Å²) >= 11 is 0. The number of hydrogen-bond donors (Lipinski definition) is 0. The number of nitrogens with zero attached hydrogens (tertiary/aromatic N) is 2. The Labute approximate surface area is 107 Å². The van der Waals surface area contributed by atoms with Crippen LogP contribution in [-0.4, -0.2) is 28.9 Å². The van der Waals surface area contributed by atoms with Gasteiger partial charge in [-0.1, -0.05) is 6.07 Å². The molecule has 0 N–H and O–H groups in total. The minimum atomic E-state index is -1.01. The van der Waals surface area contributed by atoms with E-state index in [1.165, 1.54) is 6.20 Å². The van der Waals surface area contributed by atoms with Crippen LogP contribution in [0.15, 0.2) is 30.5 Å². The van der Waals surface area contributed by atoms with E-state index in [-0.39, 0.29) is 12.2 Å². The van der Waals surface area contributed by atoms with E-state index in [4.69, 9.17) is 9.57 Å². The van der Waals surface area contributed by atoms with Gasteiger partial charge in [0, 0.05) is 30.3 Å². The maximum absolute atomic E-state index is 12.1. The van der Waals surface area contributed by atoms with Crippen LogP contribution in [0.2, 0.25) is 0 Å². The SMILES string of the molecule is O=C1/C=C\C(=O)ON2C(=O)C(Cc3cccnc32)O1. The minimum absolute atomic E-state index is 0.204. The van der Waals surface area contributed by atoms with Crippen molar-refractivity contribution < 1.29 is 24.0 Å². The van der Waals surface area contributed by atoms with Crippen LogP contribution in [0.5, 0.6) is 0 Å². The first kappa shape index (κ1) is 11.4. The van der Waals surface area contributed by atoms with Gasteiger partial charge in [-0.3, -0.25) is 4.79 Å². The van der Waals surface area contributed by atoms with Crippen molar-refractivity contribution >= 4 is 23.7 Å². The lowest BCUT2D eigenvalue weighted by molar-refractivity contribution is -0.156. The van der Waals surface area contributed by atoms with Gasteiger partial charge >= 0.3 is 17.8 Å². The molecule has 1 aromatic rings. The van der Waals surface area contributed by atoms with Crippen molar-refractivity contribution in [2.45, 2.75) is 12.5 Å². The summed E-state index contributed by atoms with van der Waals surface area (Å²) in [6.07, 6.45) is 2.50. The van der Waals surface area contributed by atoms with E-state index in [9.17, 15) is 14.4 Å². The number of anilines is 1. The van der Waals surface area contributed by atoms with Crippen LogP contribution in [-0.2, 0) is 30.4 Å². The molecule has 19 heavy (non-hydrogen) atoms. The summed E-state index contributed by atoms with van der Waals surface area (Å²) in [5.41, 5.74) is 0.662. The highest BCUT2D eigenvalue weighted by molar-refractivity contribution is 6.02. The van der Waals surface area contributed by atoms with E-state index in [1.807, 2.05) is 0 Å². The molecule has 1 unspecified atom stereocenters. The maximum Gasteiger partial charge on any atom is 0.356 e. The number of rotatable bonds is 0. The van der Waals surface area contributed by atoms with Gasteiger partial charge in [-0.2, -0.15) is 0 Å². The third kappa shape index (κ3) is 1.95. The molecule has 2 aliphatic rings.